The third-order valence-corrected chi connectivity index (χ3v) is 8.57. The summed E-state index contributed by atoms with van der Waals surface area (Å²) in [6, 6.07) is 0. The average Bonchev–Trinajstić information content (AvgIpc) is 2.85. The molecule has 0 aromatic rings. The summed E-state index contributed by atoms with van der Waals surface area (Å²) >= 11 is 0. The summed E-state index contributed by atoms with van der Waals surface area (Å²) in [5, 5.41) is 31.9. The van der Waals surface area contributed by atoms with Gasteiger partial charge < -0.3 is 15.3 Å². The van der Waals surface area contributed by atoms with E-state index in [1.807, 2.05) is 0 Å². The summed E-state index contributed by atoms with van der Waals surface area (Å²) in [4.78, 5) is 0. The van der Waals surface area contributed by atoms with E-state index in [4.69, 9.17) is 0 Å². The lowest BCUT2D eigenvalue weighted by Gasteiger charge is -2.62. The van der Waals surface area contributed by atoms with E-state index in [2.05, 4.69) is 13.8 Å². The maximum absolute atomic E-state index is 10.9. The van der Waals surface area contributed by atoms with Crippen molar-refractivity contribution >= 4 is 0 Å². The highest BCUT2D eigenvalue weighted by atomic mass is 16.3. The second-order valence-electron chi connectivity index (χ2n) is 9.37. The van der Waals surface area contributed by atoms with Crippen molar-refractivity contribution in [3.05, 3.63) is 0 Å². The molecule has 0 amide bonds. The summed E-state index contributed by atoms with van der Waals surface area (Å²) in [5.74, 6) is 1.71. The summed E-state index contributed by atoms with van der Waals surface area (Å²) in [6.45, 7) is 4.65. The Kier molecular flexibility index (Phi) is 3.46. The minimum atomic E-state index is -0.233. The molecule has 126 valence electrons. The molecule has 4 aliphatic carbocycles. The molecular weight excluding hydrogens is 276 g/mol. The summed E-state index contributed by atoms with van der Waals surface area (Å²) in [7, 11) is 0. The normalized spacial score (nSPS) is 61.2. The lowest BCUT2D eigenvalue weighted by molar-refractivity contribution is -0.197. The highest BCUT2D eigenvalue weighted by Gasteiger charge is 2.62. The van der Waals surface area contributed by atoms with Crippen LogP contribution in [0.5, 0.6) is 0 Å². The second-order valence-corrected chi connectivity index (χ2v) is 9.37. The van der Waals surface area contributed by atoms with E-state index in [-0.39, 0.29) is 29.1 Å². The van der Waals surface area contributed by atoms with Crippen molar-refractivity contribution in [2.45, 2.75) is 83.5 Å². The van der Waals surface area contributed by atoms with Gasteiger partial charge in [0.05, 0.1) is 18.3 Å². The second kappa shape index (κ2) is 4.94. The Morgan fingerprint density at radius 3 is 2.36 bits per heavy atom. The van der Waals surface area contributed by atoms with E-state index in [0.717, 1.165) is 38.5 Å². The van der Waals surface area contributed by atoms with Crippen LogP contribution in [0.4, 0.5) is 0 Å². The fraction of sp³-hybridized carbons (Fsp3) is 1.00. The van der Waals surface area contributed by atoms with E-state index >= 15 is 0 Å². The molecule has 0 saturated heterocycles. The predicted molar refractivity (Wildman–Crippen MR) is 85.1 cm³/mol. The highest BCUT2D eigenvalue weighted by molar-refractivity contribution is 5.12. The third-order valence-electron chi connectivity index (χ3n) is 8.57. The molecular formula is C19H32O3. The van der Waals surface area contributed by atoms with Gasteiger partial charge in [-0.2, -0.15) is 0 Å². The molecule has 4 fully saturated rings. The molecule has 3 nitrogen and oxygen atoms in total. The van der Waals surface area contributed by atoms with Crippen molar-refractivity contribution in [1.29, 1.82) is 0 Å². The molecule has 0 aromatic carbocycles. The topological polar surface area (TPSA) is 60.7 Å². The van der Waals surface area contributed by atoms with Gasteiger partial charge in [0.25, 0.3) is 0 Å². The fourth-order valence-corrected chi connectivity index (χ4v) is 7.16. The van der Waals surface area contributed by atoms with Crippen LogP contribution in [-0.4, -0.2) is 33.6 Å². The summed E-state index contributed by atoms with van der Waals surface area (Å²) in [6.07, 6.45) is 7.37. The van der Waals surface area contributed by atoms with Gasteiger partial charge in [0.1, 0.15) is 0 Å². The van der Waals surface area contributed by atoms with Gasteiger partial charge >= 0.3 is 0 Å². The molecule has 0 heterocycles. The molecule has 0 spiro atoms. The SMILES string of the molecule is C[C@]12CC[C@@H](O)C[C@H]1C[C@@H](O)C1[C@@H]2C[C@H](O)[C@]2(C)CCC[C@@H]12. The minimum Gasteiger partial charge on any atom is -0.393 e. The van der Waals surface area contributed by atoms with Crippen LogP contribution in [-0.2, 0) is 0 Å². The first kappa shape index (κ1) is 15.4. The van der Waals surface area contributed by atoms with Crippen molar-refractivity contribution in [2.24, 2.45) is 34.5 Å². The van der Waals surface area contributed by atoms with Gasteiger partial charge in [-0.05, 0) is 79.4 Å². The van der Waals surface area contributed by atoms with Crippen molar-refractivity contribution in [2.75, 3.05) is 0 Å². The van der Waals surface area contributed by atoms with Crippen LogP contribution in [0, 0.1) is 34.5 Å². The molecule has 22 heavy (non-hydrogen) atoms. The summed E-state index contributed by atoms with van der Waals surface area (Å²) in [5.41, 5.74) is 0.230. The average molecular weight is 308 g/mol. The van der Waals surface area contributed by atoms with Crippen LogP contribution in [0.2, 0.25) is 0 Å². The van der Waals surface area contributed by atoms with E-state index in [9.17, 15) is 15.3 Å². The van der Waals surface area contributed by atoms with E-state index in [0.29, 0.717) is 23.7 Å². The van der Waals surface area contributed by atoms with Crippen molar-refractivity contribution in [1.82, 2.24) is 0 Å². The molecule has 0 radical (unpaired) electrons. The fourth-order valence-electron chi connectivity index (χ4n) is 7.16. The maximum Gasteiger partial charge on any atom is 0.0599 e. The number of fused-ring (bicyclic) bond motifs is 5. The minimum absolute atomic E-state index is 0.0273. The first-order chi connectivity index (χ1) is 10.4. The zero-order chi connectivity index (χ0) is 15.7. The third kappa shape index (κ3) is 1.91. The molecule has 3 heteroatoms. The Hall–Kier alpha value is -0.120. The Balaban J connectivity index is 1.70. The molecule has 0 bridgehead atoms. The number of hydrogen-bond donors (Lipinski definition) is 3. The molecule has 9 atom stereocenters. The van der Waals surface area contributed by atoms with Crippen LogP contribution in [0.15, 0.2) is 0 Å². The first-order valence-corrected chi connectivity index (χ1v) is 9.40. The predicted octanol–water partition coefficient (Wildman–Crippen LogP) is 2.72. The molecule has 4 rings (SSSR count). The van der Waals surface area contributed by atoms with Crippen LogP contribution in [0.1, 0.15) is 65.2 Å². The van der Waals surface area contributed by atoms with Crippen LogP contribution >= 0.6 is 0 Å². The summed E-state index contributed by atoms with van der Waals surface area (Å²) < 4.78 is 0. The van der Waals surface area contributed by atoms with Gasteiger partial charge in [0.2, 0.25) is 0 Å². The van der Waals surface area contributed by atoms with Crippen molar-refractivity contribution in [3.63, 3.8) is 0 Å². The first-order valence-electron chi connectivity index (χ1n) is 9.40. The van der Waals surface area contributed by atoms with Crippen LogP contribution in [0.3, 0.4) is 0 Å². The molecule has 0 aliphatic heterocycles. The van der Waals surface area contributed by atoms with Gasteiger partial charge in [-0.15, -0.1) is 0 Å². The van der Waals surface area contributed by atoms with E-state index in [1.54, 1.807) is 0 Å². The van der Waals surface area contributed by atoms with Crippen molar-refractivity contribution in [3.8, 4) is 0 Å². The quantitative estimate of drug-likeness (QED) is 0.645. The van der Waals surface area contributed by atoms with Gasteiger partial charge in [-0.3, -0.25) is 0 Å². The zero-order valence-electron chi connectivity index (χ0n) is 14.0. The molecule has 4 saturated carbocycles. The Bertz CT molecular complexity index is 452. The molecule has 3 N–H and O–H groups in total. The van der Waals surface area contributed by atoms with Gasteiger partial charge in [-0.1, -0.05) is 20.3 Å². The van der Waals surface area contributed by atoms with E-state index < -0.39 is 0 Å². The lowest BCUT2D eigenvalue weighted by Crippen LogP contribution is -2.61. The number of aliphatic hydroxyl groups excluding tert-OH is 3. The van der Waals surface area contributed by atoms with Gasteiger partial charge in [0, 0.05) is 0 Å². The Labute approximate surface area is 134 Å². The van der Waals surface area contributed by atoms with Crippen molar-refractivity contribution < 1.29 is 15.3 Å². The Morgan fingerprint density at radius 2 is 1.59 bits per heavy atom. The molecule has 0 aromatic heterocycles. The smallest absolute Gasteiger partial charge is 0.0599 e. The monoisotopic (exact) mass is 308 g/mol. The van der Waals surface area contributed by atoms with E-state index in [1.165, 1.54) is 12.8 Å². The standard InChI is InChI=1S/C19H32O3/c1-18-7-5-12(20)8-11(18)9-15(21)17-13-4-3-6-19(13,2)16(22)10-14(17)18/h11-17,20-22H,3-10H2,1-2H3/t11-,12+,13-,14-,15+,16-,17?,18-,19+/m0/s1. The number of rotatable bonds is 0. The largest absolute Gasteiger partial charge is 0.393 e. The van der Waals surface area contributed by atoms with Gasteiger partial charge in [-0.25, -0.2) is 0 Å². The number of aliphatic hydroxyl groups is 3. The molecule has 1 unspecified atom stereocenters. The van der Waals surface area contributed by atoms with Crippen LogP contribution in [0.25, 0.3) is 0 Å². The van der Waals surface area contributed by atoms with Crippen LogP contribution < -0.4 is 0 Å². The maximum atomic E-state index is 10.9. The lowest BCUT2D eigenvalue weighted by atomic mass is 9.44. The number of hydrogen-bond acceptors (Lipinski definition) is 3. The zero-order valence-corrected chi connectivity index (χ0v) is 14.0. The molecule has 4 aliphatic rings. The van der Waals surface area contributed by atoms with Gasteiger partial charge in [0.15, 0.2) is 0 Å². The highest BCUT2D eigenvalue weighted by Crippen LogP contribution is 2.66. The Morgan fingerprint density at radius 1 is 0.818 bits per heavy atom.